The summed E-state index contributed by atoms with van der Waals surface area (Å²) in [5.41, 5.74) is 1.28. The number of anilines is 5. The largest absolute Gasteiger partial charge is 0.494 e. The van der Waals surface area contributed by atoms with Crippen molar-refractivity contribution in [3.8, 4) is 5.88 Å². The first kappa shape index (κ1) is 34.0. The lowest BCUT2D eigenvalue weighted by atomic mass is 10.1. The van der Waals surface area contributed by atoms with Crippen molar-refractivity contribution in [3.63, 3.8) is 0 Å². The van der Waals surface area contributed by atoms with Crippen molar-refractivity contribution in [1.82, 2.24) is 19.4 Å². The molecular weight excluding hydrogens is 650 g/mol. The number of benzene rings is 2. The van der Waals surface area contributed by atoms with Crippen LogP contribution in [0.15, 0.2) is 48.8 Å². The first-order valence-electron chi connectivity index (χ1n) is 15.8. The molecule has 2 aliphatic heterocycles. The maximum Gasteiger partial charge on any atom is 0.421 e. The average molecular weight is 690 g/mol. The van der Waals surface area contributed by atoms with Crippen molar-refractivity contribution in [3.05, 3.63) is 59.9 Å². The average Bonchev–Trinajstić information content (AvgIpc) is 3.35. The Balaban J connectivity index is 1.27. The number of halogens is 3. The Morgan fingerprint density at radius 3 is 2.52 bits per heavy atom. The molecule has 3 N–H and O–H groups in total. The summed E-state index contributed by atoms with van der Waals surface area (Å²) in [6, 6.07) is 10.5. The van der Waals surface area contributed by atoms with E-state index < -0.39 is 25.2 Å². The van der Waals surface area contributed by atoms with Crippen LogP contribution in [0.3, 0.4) is 0 Å². The highest BCUT2D eigenvalue weighted by molar-refractivity contribution is 7.53. The molecule has 0 amide bonds. The molecule has 1 unspecified atom stereocenters. The lowest BCUT2D eigenvalue weighted by molar-refractivity contribution is -0.137. The molecule has 4 heterocycles. The van der Waals surface area contributed by atoms with Gasteiger partial charge in [0.2, 0.25) is 11.8 Å². The van der Waals surface area contributed by atoms with E-state index in [-0.39, 0.29) is 42.9 Å². The fourth-order valence-corrected chi connectivity index (χ4v) is 7.90. The molecule has 0 spiro atoms. The standard InChI is InChI=1S/C32H39F3N7O5P/c1-4-46-48(44,47-5-2)20-21-6-8-22(9-7-21)37-31-36-16-25(32(33,34)35)29(39-31)38-26-10-11-27(24-18-40(3)30(43)28(24)26)42-13-12-41-14-15-45-19-23(41)17-42/h6-11,16,18,23,43H,4-5,12-15,17,19-20H2,1-3H3,(H2,36,37,38,39). The number of ether oxygens (including phenoxy) is 1. The molecule has 16 heteroatoms. The van der Waals surface area contributed by atoms with E-state index in [2.05, 4.69) is 30.4 Å². The van der Waals surface area contributed by atoms with Gasteiger partial charge in [-0.2, -0.15) is 18.2 Å². The Kier molecular flexibility index (Phi) is 9.86. The topological polar surface area (TPSA) is 126 Å². The third kappa shape index (κ3) is 7.25. The zero-order chi connectivity index (χ0) is 34.1. The van der Waals surface area contributed by atoms with Gasteiger partial charge in [-0.05, 0) is 43.7 Å². The first-order chi connectivity index (χ1) is 23.0. The minimum Gasteiger partial charge on any atom is -0.494 e. The number of aromatic hydroxyl groups is 1. The van der Waals surface area contributed by atoms with Gasteiger partial charge in [0, 0.05) is 62.4 Å². The molecule has 2 aromatic heterocycles. The smallest absolute Gasteiger partial charge is 0.421 e. The van der Waals surface area contributed by atoms with Crippen molar-refractivity contribution in [2.24, 2.45) is 7.05 Å². The minimum absolute atomic E-state index is 0.0740. The van der Waals surface area contributed by atoms with Crippen LogP contribution < -0.4 is 15.5 Å². The summed E-state index contributed by atoms with van der Waals surface area (Å²) in [6.07, 6.45) is -2.19. The molecule has 2 saturated heterocycles. The molecule has 0 saturated carbocycles. The van der Waals surface area contributed by atoms with Crippen LogP contribution >= 0.6 is 7.60 Å². The van der Waals surface area contributed by atoms with Crippen molar-refractivity contribution in [2.75, 3.05) is 68.1 Å². The number of nitrogens with zero attached hydrogens (tertiary/aromatic N) is 5. The van der Waals surface area contributed by atoms with Gasteiger partial charge in [-0.3, -0.25) is 9.46 Å². The summed E-state index contributed by atoms with van der Waals surface area (Å²) in [4.78, 5) is 12.8. The van der Waals surface area contributed by atoms with Crippen LogP contribution in [0.4, 0.5) is 42.0 Å². The molecular formula is C32H39F3N7O5P. The summed E-state index contributed by atoms with van der Waals surface area (Å²) in [5.74, 6) is -0.644. The highest BCUT2D eigenvalue weighted by atomic mass is 31.2. The minimum atomic E-state index is -4.75. The molecule has 0 aliphatic carbocycles. The van der Waals surface area contributed by atoms with E-state index in [0.29, 0.717) is 41.4 Å². The van der Waals surface area contributed by atoms with Crippen molar-refractivity contribution in [2.45, 2.75) is 32.2 Å². The number of piperazine rings is 1. The number of nitrogens with one attached hydrogen (secondary N) is 2. The maximum absolute atomic E-state index is 14.2. The van der Waals surface area contributed by atoms with Crippen LogP contribution in [-0.4, -0.2) is 83.2 Å². The predicted molar refractivity (Wildman–Crippen MR) is 178 cm³/mol. The van der Waals surface area contributed by atoms with Crippen molar-refractivity contribution >= 4 is 47.2 Å². The van der Waals surface area contributed by atoms with Crippen LogP contribution in [0.5, 0.6) is 5.88 Å². The van der Waals surface area contributed by atoms with Crippen LogP contribution in [0.25, 0.3) is 10.8 Å². The Bertz CT molecular complexity index is 1790. The number of morpholine rings is 1. The van der Waals surface area contributed by atoms with E-state index in [1.807, 2.05) is 6.07 Å². The summed E-state index contributed by atoms with van der Waals surface area (Å²) < 4.78 is 73.4. The second-order valence-corrected chi connectivity index (χ2v) is 13.8. The third-order valence-electron chi connectivity index (χ3n) is 8.47. The molecule has 2 fully saturated rings. The van der Waals surface area contributed by atoms with Gasteiger partial charge in [0.15, 0.2) is 0 Å². The highest BCUT2D eigenvalue weighted by Gasteiger charge is 2.36. The number of hydrogen-bond acceptors (Lipinski definition) is 11. The van der Waals surface area contributed by atoms with E-state index in [4.69, 9.17) is 13.8 Å². The zero-order valence-electron chi connectivity index (χ0n) is 27.0. The number of alkyl halides is 3. The van der Waals surface area contributed by atoms with Gasteiger partial charge in [-0.1, -0.05) is 12.1 Å². The summed E-state index contributed by atoms with van der Waals surface area (Å²) in [7, 11) is -1.63. The molecule has 4 aromatic rings. The SMILES string of the molecule is CCOP(=O)(Cc1ccc(Nc2ncc(C(F)(F)F)c(Nc3ccc(N4CCN5CCOCC5C4)c4cn(C)c(O)c34)n2)cc1)OCC. The molecule has 0 radical (unpaired) electrons. The summed E-state index contributed by atoms with van der Waals surface area (Å²) in [5, 5.41) is 17.9. The van der Waals surface area contributed by atoms with Gasteiger partial charge >= 0.3 is 13.8 Å². The van der Waals surface area contributed by atoms with E-state index in [1.54, 1.807) is 62.0 Å². The number of hydrogen-bond donors (Lipinski definition) is 3. The fourth-order valence-electron chi connectivity index (χ4n) is 6.20. The molecule has 0 bridgehead atoms. The molecule has 2 aromatic carbocycles. The van der Waals surface area contributed by atoms with Gasteiger partial charge in [0.05, 0.1) is 49.7 Å². The van der Waals surface area contributed by atoms with Crippen molar-refractivity contribution < 1.29 is 36.6 Å². The van der Waals surface area contributed by atoms with Crippen molar-refractivity contribution in [1.29, 1.82) is 0 Å². The quantitative estimate of drug-likeness (QED) is 0.150. The van der Waals surface area contributed by atoms with Crippen LogP contribution in [0, 0.1) is 0 Å². The normalized spacial score (nSPS) is 17.5. The number of fused-ring (bicyclic) bond motifs is 2. The third-order valence-corrected chi connectivity index (χ3v) is 10.5. The second kappa shape index (κ2) is 13.9. The van der Waals surface area contributed by atoms with Crippen LogP contribution in [0.2, 0.25) is 0 Å². The van der Waals surface area contributed by atoms with E-state index in [0.717, 1.165) is 31.9 Å². The molecule has 2 aliphatic rings. The number of aromatic nitrogens is 3. The Labute approximate surface area is 276 Å². The Morgan fingerprint density at radius 2 is 1.81 bits per heavy atom. The highest BCUT2D eigenvalue weighted by Crippen LogP contribution is 2.51. The van der Waals surface area contributed by atoms with Gasteiger partial charge in [0.1, 0.15) is 11.4 Å². The predicted octanol–water partition coefficient (Wildman–Crippen LogP) is 6.47. The Morgan fingerprint density at radius 1 is 1.06 bits per heavy atom. The monoisotopic (exact) mass is 689 g/mol. The van der Waals surface area contributed by atoms with Crippen LogP contribution in [-0.2, 0) is 37.7 Å². The lowest BCUT2D eigenvalue weighted by Gasteiger charge is -2.44. The van der Waals surface area contributed by atoms with E-state index >= 15 is 0 Å². The molecule has 12 nitrogen and oxygen atoms in total. The van der Waals surface area contributed by atoms with E-state index in [1.165, 1.54) is 0 Å². The number of rotatable bonds is 11. The fraction of sp³-hybridized carbons (Fsp3) is 0.438. The Hall–Kier alpha value is -3.88. The second-order valence-electron chi connectivity index (χ2n) is 11.7. The van der Waals surface area contributed by atoms with Gasteiger partial charge in [-0.25, -0.2) is 4.98 Å². The van der Waals surface area contributed by atoms with Gasteiger partial charge < -0.3 is 39.0 Å². The zero-order valence-corrected chi connectivity index (χ0v) is 27.9. The number of aryl methyl sites for hydroxylation is 1. The maximum atomic E-state index is 14.2. The first-order valence-corrected chi connectivity index (χ1v) is 17.5. The molecule has 48 heavy (non-hydrogen) atoms. The summed E-state index contributed by atoms with van der Waals surface area (Å²) >= 11 is 0. The molecule has 6 rings (SSSR count). The molecule has 258 valence electrons. The molecule has 1 atom stereocenters. The summed E-state index contributed by atoms with van der Waals surface area (Å²) in [6.45, 7) is 8.57. The van der Waals surface area contributed by atoms with E-state index in [9.17, 15) is 22.8 Å². The van der Waals surface area contributed by atoms with Gasteiger partial charge in [0.25, 0.3) is 0 Å². The van der Waals surface area contributed by atoms with Crippen LogP contribution in [0.1, 0.15) is 25.0 Å². The lowest BCUT2D eigenvalue weighted by Crippen LogP contribution is -2.58. The van der Waals surface area contributed by atoms with Gasteiger partial charge in [-0.15, -0.1) is 0 Å².